The minimum atomic E-state index is 0.354. The molecule has 2 nitrogen and oxygen atoms in total. The Balaban J connectivity index is 1.88. The molecule has 0 bridgehead atoms. The van der Waals surface area contributed by atoms with E-state index in [2.05, 4.69) is 29.2 Å². The molecule has 0 N–H and O–H groups in total. The molecule has 2 heteroatoms. The Morgan fingerprint density at radius 2 is 2.00 bits per heavy atom. The lowest BCUT2D eigenvalue weighted by Crippen LogP contribution is -2.20. The molecule has 1 fully saturated rings. The summed E-state index contributed by atoms with van der Waals surface area (Å²) in [6.45, 7) is 3.92. The Kier molecular flexibility index (Phi) is 2.10. The largest absolute Gasteiger partial charge is 0.367 e. The number of nitrogens with zero attached hydrogens (tertiary/aromatic N) is 1. The number of Topliss-reactive ketones (excluding diaryl/α,β-unsaturated/α-hetero) is 1. The van der Waals surface area contributed by atoms with Gasteiger partial charge in [0.05, 0.1) is 0 Å². The Morgan fingerprint density at radius 1 is 1.25 bits per heavy atom. The van der Waals surface area contributed by atoms with E-state index in [-0.39, 0.29) is 0 Å². The lowest BCUT2D eigenvalue weighted by molar-refractivity contribution is -0.115. The molecule has 1 aliphatic heterocycles. The molecule has 3 rings (SSSR count). The fraction of sp³-hybridized carbons (Fsp3) is 0.357. The fourth-order valence-corrected chi connectivity index (χ4v) is 2.78. The number of anilines is 1. The van der Waals surface area contributed by atoms with Gasteiger partial charge < -0.3 is 4.90 Å². The van der Waals surface area contributed by atoms with E-state index >= 15 is 0 Å². The molecule has 16 heavy (non-hydrogen) atoms. The van der Waals surface area contributed by atoms with E-state index in [1.807, 2.05) is 13.0 Å². The van der Waals surface area contributed by atoms with Crippen LogP contribution in [0.2, 0.25) is 0 Å². The third-order valence-corrected chi connectivity index (χ3v) is 3.75. The highest BCUT2D eigenvalue weighted by atomic mass is 16.1. The first-order valence-electron chi connectivity index (χ1n) is 5.78. The summed E-state index contributed by atoms with van der Waals surface area (Å²) in [5, 5.41) is 0. The third kappa shape index (κ3) is 1.37. The van der Waals surface area contributed by atoms with Crippen LogP contribution in [0.4, 0.5) is 5.69 Å². The second kappa shape index (κ2) is 3.48. The monoisotopic (exact) mass is 213 g/mol. The second-order valence-corrected chi connectivity index (χ2v) is 4.69. The van der Waals surface area contributed by atoms with Crippen molar-refractivity contribution in [1.82, 2.24) is 0 Å². The molecular weight excluding hydrogens is 198 g/mol. The smallest absolute Gasteiger partial charge is 0.159 e. The number of carbonyl (C=O) groups excluding carboxylic acids is 1. The maximum Gasteiger partial charge on any atom is 0.159 e. The van der Waals surface area contributed by atoms with Crippen LogP contribution in [-0.2, 0) is 4.79 Å². The number of benzene rings is 1. The van der Waals surface area contributed by atoms with Gasteiger partial charge in [-0.2, -0.15) is 0 Å². The van der Waals surface area contributed by atoms with Gasteiger partial charge in [0.2, 0.25) is 0 Å². The molecule has 2 aliphatic rings. The average molecular weight is 213 g/mol. The van der Waals surface area contributed by atoms with Gasteiger partial charge in [-0.3, -0.25) is 4.79 Å². The zero-order valence-corrected chi connectivity index (χ0v) is 9.44. The van der Waals surface area contributed by atoms with E-state index in [9.17, 15) is 4.79 Å². The standard InChI is InChI=1S/C14H15NO/c1-10-13-9-15(8-11(13)7-14(10)16)12-5-3-2-4-6-12/h2-6,11H,7-9H2,1H3. The number of hydrogen-bond acceptors (Lipinski definition) is 2. The molecule has 0 spiro atoms. The van der Waals surface area contributed by atoms with Crippen LogP contribution in [0.25, 0.3) is 0 Å². The number of allylic oxidation sites excluding steroid dienone is 1. The highest BCUT2D eigenvalue weighted by Gasteiger charge is 2.36. The van der Waals surface area contributed by atoms with Gasteiger partial charge >= 0.3 is 0 Å². The Hall–Kier alpha value is -1.57. The van der Waals surface area contributed by atoms with Crippen LogP contribution in [0.3, 0.4) is 0 Å². The summed E-state index contributed by atoms with van der Waals surface area (Å²) >= 11 is 0. The molecular formula is C14H15NO. The Bertz CT molecular complexity index is 461. The first-order valence-corrected chi connectivity index (χ1v) is 5.78. The molecule has 1 unspecified atom stereocenters. The summed E-state index contributed by atoms with van der Waals surface area (Å²) in [5.74, 6) is 0.834. The van der Waals surface area contributed by atoms with Crippen molar-refractivity contribution in [2.45, 2.75) is 13.3 Å². The first-order chi connectivity index (χ1) is 7.75. The van der Waals surface area contributed by atoms with E-state index in [0.29, 0.717) is 11.7 Å². The molecule has 1 saturated heterocycles. The highest BCUT2D eigenvalue weighted by Crippen LogP contribution is 2.37. The van der Waals surface area contributed by atoms with Crippen LogP contribution in [0, 0.1) is 5.92 Å². The van der Waals surface area contributed by atoms with E-state index in [1.54, 1.807) is 0 Å². The van der Waals surface area contributed by atoms with Gasteiger partial charge in [0.1, 0.15) is 0 Å². The maximum absolute atomic E-state index is 11.6. The number of hydrogen-bond donors (Lipinski definition) is 0. The number of carbonyl (C=O) groups is 1. The number of fused-ring (bicyclic) bond motifs is 1. The van der Waals surface area contributed by atoms with Gasteiger partial charge in [-0.1, -0.05) is 18.2 Å². The maximum atomic E-state index is 11.6. The van der Waals surface area contributed by atoms with Crippen LogP contribution in [-0.4, -0.2) is 18.9 Å². The molecule has 0 aromatic heterocycles. The van der Waals surface area contributed by atoms with Crippen molar-refractivity contribution in [2.75, 3.05) is 18.0 Å². The molecule has 82 valence electrons. The van der Waals surface area contributed by atoms with Crippen LogP contribution in [0.1, 0.15) is 13.3 Å². The molecule has 0 radical (unpaired) electrons. The van der Waals surface area contributed by atoms with Crippen LogP contribution in [0.15, 0.2) is 41.5 Å². The molecule has 1 aromatic carbocycles. The summed E-state index contributed by atoms with van der Waals surface area (Å²) in [4.78, 5) is 13.9. The first kappa shape index (κ1) is 9.64. The second-order valence-electron chi connectivity index (χ2n) is 4.69. The molecule has 0 saturated carbocycles. The van der Waals surface area contributed by atoms with Gasteiger partial charge in [-0.05, 0) is 30.2 Å². The Labute approximate surface area is 95.6 Å². The third-order valence-electron chi connectivity index (χ3n) is 3.75. The lowest BCUT2D eigenvalue weighted by atomic mass is 10.1. The van der Waals surface area contributed by atoms with Crippen molar-refractivity contribution in [3.8, 4) is 0 Å². The van der Waals surface area contributed by atoms with Crippen molar-refractivity contribution in [1.29, 1.82) is 0 Å². The fourth-order valence-electron chi connectivity index (χ4n) is 2.78. The van der Waals surface area contributed by atoms with E-state index < -0.39 is 0 Å². The quantitative estimate of drug-likeness (QED) is 0.714. The molecule has 1 heterocycles. The Morgan fingerprint density at radius 3 is 2.69 bits per heavy atom. The van der Waals surface area contributed by atoms with Gasteiger partial charge in [-0.15, -0.1) is 0 Å². The SMILES string of the molecule is CC1=C2CN(c3ccccc3)CC2CC1=O. The average Bonchev–Trinajstić information content (AvgIpc) is 2.82. The number of ketones is 1. The summed E-state index contributed by atoms with van der Waals surface area (Å²) in [6, 6.07) is 10.4. The summed E-state index contributed by atoms with van der Waals surface area (Å²) in [6.07, 6.45) is 0.727. The van der Waals surface area contributed by atoms with Crippen molar-refractivity contribution in [3.63, 3.8) is 0 Å². The van der Waals surface area contributed by atoms with Crippen LogP contribution >= 0.6 is 0 Å². The van der Waals surface area contributed by atoms with E-state index in [1.165, 1.54) is 11.3 Å². The summed E-state index contributed by atoms with van der Waals surface area (Å²) in [7, 11) is 0. The van der Waals surface area contributed by atoms with E-state index in [4.69, 9.17) is 0 Å². The summed E-state index contributed by atoms with van der Waals surface area (Å²) in [5.41, 5.74) is 3.65. The molecule has 0 amide bonds. The lowest BCUT2D eigenvalue weighted by Gasteiger charge is -2.18. The van der Waals surface area contributed by atoms with Gasteiger partial charge in [0.15, 0.2) is 5.78 Å². The minimum Gasteiger partial charge on any atom is -0.367 e. The summed E-state index contributed by atoms with van der Waals surface area (Å²) < 4.78 is 0. The van der Waals surface area contributed by atoms with Gasteiger partial charge in [0.25, 0.3) is 0 Å². The van der Waals surface area contributed by atoms with Crippen LogP contribution in [0.5, 0.6) is 0 Å². The molecule has 1 atom stereocenters. The zero-order chi connectivity index (χ0) is 11.1. The van der Waals surface area contributed by atoms with Gasteiger partial charge in [-0.25, -0.2) is 0 Å². The van der Waals surface area contributed by atoms with Crippen molar-refractivity contribution < 1.29 is 4.79 Å². The predicted molar refractivity (Wildman–Crippen MR) is 64.5 cm³/mol. The zero-order valence-electron chi connectivity index (χ0n) is 9.44. The highest BCUT2D eigenvalue weighted by molar-refractivity contribution is 5.99. The van der Waals surface area contributed by atoms with Crippen molar-refractivity contribution in [3.05, 3.63) is 41.5 Å². The van der Waals surface area contributed by atoms with E-state index in [0.717, 1.165) is 25.1 Å². The normalized spacial score (nSPS) is 24.2. The number of rotatable bonds is 1. The molecule has 1 aliphatic carbocycles. The van der Waals surface area contributed by atoms with Crippen LogP contribution < -0.4 is 4.90 Å². The van der Waals surface area contributed by atoms with Gasteiger partial charge in [0, 0.05) is 31.1 Å². The minimum absolute atomic E-state index is 0.354. The molecule has 1 aromatic rings. The predicted octanol–water partition coefficient (Wildman–Crippen LogP) is 2.41. The van der Waals surface area contributed by atoms with Crippen molar-refractivity contribution in [2.24, 2.45) is 5.92 Å². The van der Waals surface area contributed by atoms with Crippen molar-refractivity contribution >= 4 is 11.5 Å². The topological polar surface area (TPSA) is 20.3 Å². The number of para-hydroxylation sites is 1.